The predicted octanol–water partition coefficient (Wildman–Crippen LogP) is 3.32. The summed E-state index contributed by atoms with van der Waals surface area (Å²) in [5.41, 5.74) is 2.86. The van der Waals surface area contributed by atoms with Crippen molar-refractivity contribution in [1.82, 2.24) is 5.32 Å². The van der Waals surface area contributed by atoms with Crippen molar-refractivity contribution in [3.05, 3.63) is 68.7 Å². The van der Waals surface area contributed by atoms with Gasteiger partial charge >= 0.3 is 0 Å². The standard InChI is InChI=1S/C18H18ClN3O3/c1-12-8-14-9-16(22(24)25)6-7-17(14)21(12)11-18(23)20-10-13-2-4-15(19)5-3-13/h2-7,9,12H,8,10-11H2,1H3,(H,20,23). The van der Waals surface area contributed by atoms with Gasteiger partial charge in [-0.15, -0.1) is 0 Å². The van der Waals surface area contributed by atoms with Gasteiger partial charge in [-0.2, -0.15) is 0 Å². The molecule has 1 heterocycles. The van der Waals surface area contributed by atoms with Crippen molar-refractivity contribution in [2.45, 2.75) is 25.9 Å². The number of nitro groups is 1. The van der Waals surface area contributed by atoms with E-state index in [9.17, 15) is 14.9 Å². The number of amides is 1. The molecule has 0 spiro atoms. The van der Waals surface area contributed by atoms with Crippen LogP contribution in [0.2, 0.25) is 5.02 Å². The number of rotatable bonds is 5. The zero-order chi connectivity index (χ0) is 18.0. The van der Waals surface area contributed by atoms with Gasteiger partial charge in [0.2, 0.25) is 5.91 Å². The average Bonchev–Trinajstić information content (AvgIpc) is 2.89. The van der Waals surface area contributed by atoms with Gasteiger partial charge in [-0.05, 0) is 42.7 Å². The first-order valence-electron chi connectivity index (χ1n) is 7.99. The second-order valence-corrected chi connectivity index (χ2v) is 6.59. The Kier molecular flexibility index (Phi) is 4.90. The summed E-state index contributed by atoms with van der Waals surface area (Å²) >= 11 is 5.85. The Labute approximate surface area is 150 Å². The summed E-state index contributed by atoms with van der Waals surface area (Å²) in [4.78, 5) is 24.8. The van der Waals surface area contributed by atoms with E-state index in [0.717, 1.165) is 16.8 Å². The molecule has 3 rings (SSSR count). The highest BCUT2D eigenvalue weighted by Crippen LogP contribution is 2.34. The first kappa shape index (κ1) is 17.2. The van der Waals surface area contributed by atoms with E-state index < -0.39 is 4.92 Å². The number of nitro benzene ring substituents is 1. The number of hydrogen-bond donors (Lipinski definition) is 1. The lowest BCUT2D eigenvalue weighted by Crippen LogP contribution is -2.39. The van der Waals surface area contributed by atoms with Crippen molar-refractivity contribution < 1.29 is 9.72 Å². The van der Waals surface area contributed by atoms with Crippen LogP contribution in [0.25, 0.3) is 0 Å². The zero-order valence-electron chi connectivity index (χ0n) is 13.7. The number of halogens is 1. The van der Waals surface area contributed by atoms with Crippen molar-refractivity contribution in [1.29, 1.82) is 0 Å². The summed E-state index contributed by atoms with van der Waals surface area (Å²) in [6.45, 7) is 2.67. The summed E-state index contributed by atoms with van der Waals surface area (Å²) in [5.74, 6) is -0.0898. The van der Waals surface area contributed by atoms with Crippen LogP contribution in [0.15, 0.2) is 42.5 Å². The minimum Gasteiger partial charge on any atom is -0.359 e. The van der Waals surface area contributed by atoms with Crippen LogP contribution in [0.5, 0.6) is 0 Å². The highest BCUT2D eigenvalue weighted by atomic mass is 35.5. The molecule has 7 heteroatoms. The third-order valence-corrected chi connectivity index (χ3v) is 4.60. The highest BCUT2D eigenvalue weighted by molar-refractivity contribution is 6.30. The number of benzene rings is 2. The number of non-ortho nitro benzene ring substituents is 1. The van der Waals surface area contributed by atoms with Gasteiger partial charge in [0.15, 0.2) is 0 Å². The van der Waals surface area contributed by atoms with E-state index in [1.165, 1.54) is 6.07 Å². The Bertz CT molecular complexity index is 808. The number of nitrogens with zero attached hydrogens (tertiary/aromatic N) is 2. The number of nitrogens with one attached hydrogen (secondary N) is 1. The summed E-state index contributed by atoms with van der Waals surface area (Å²) < 4.78 is 0. The van der Waals surface area contributed by atoms with E-state index in [2.05, 4.69) is 5.32 Å². The van der Waals surface area contributed by atoms with Crippen LogP contribution in [-0.2, 0) is 17.8 Å². The highest BCUT2D eigenvalue weighted by Gasteiger charge is 2.28. The van der Waals surface area contributed by atoms with Gasteiger partial charge in [0.1, 0.15) is 0 Å². The Morgan fingerprint density at radius 1 is 1.32 bits per heavy atom. The lowest BCUT2D eigenvalue weighted by molar-refractivity contribution is -0.384. The van der Waals surface area contributed by atoms with Gasteiger partial charge in [-0.25, -0.2) is 0 Å². The maximum absolute atomic E-state index is 12.3. The van der Waals surface area contributed by atoms with Gasteiger partial charge in [0, 0.05) is 35.4 Å². The van der Waals surface area contributed by atoms with Crippen LogP contribution in [0, 0.1) is 10.1 Å². The molecule has 25 heavy (non-hydrogen) atoms. The number of fused-ring (bicyclic) bond motifs is 1. The fourth-order valence-corrected chi connectivity index (χ4v) is 3.18. The lowest BCUT2D eigenvalue weighted by atomic mass is 10.1. The first-order valence-corrected chi connectivity index (χ1v) is 8.37. The molecular formula is C18H18ClN3O3. The van der Waals surface area contributed by atoms with E-state index in [1.807, 2.05) is 24.0 Å². The molecule has 2 aromatic carbocycles. The molecule has 0 bridgehead atoms. The topological polar surface area (TPSA) is 75.5 Å². The molecule has 1 N–H and O–H groups in total. The minimum atomic E-state index is -0.396. The molecule has 0 aromatic heterocycles. The maximum atomic E-state index is 12.3. The number of carbonyl (C=O) groups is 1. The monoisotopic (exact) mass is 359 g/mol. The molecule has 130 valence electrons. The minimum absolute atomic E-state index is 0.0833. The second-order valence-electron chi connectivity index (χ2n) is 6.15. The molecule has 2 aromatic rings. The molecule has 1 unspecified atom stereocenters. The summed E-state index contributed by atoms with van der Waals surface area (Å²) in [6.07, 6.45) is 0.696. The smallest absolute Gasteiger partial charge is 0.269 e. The molecule has 1 atom stereocenters. The Hall–Kier alpha value is -2.60. The second kappa shape index (κ2) is 7.11. The van der Waals surface area contributed by atoms with Crippen molar-refractivity contribution in [3.8, 4) is 0 Å². The Morgan fingerprint density at radius 2 is 2.04 bits per heavy atom. The van der Waals surface area contributed by atoms with Crippen LogP contribution in [0.4, 0.5) is 11.4 Å². The van der Waals surface area contributed by atoms with E-state index in [1.54, 1.807) is 24.3 Å². The van der Waals surface area contributed by atoms with E-state index in [0.29, 0.717) is 18.0 Å². The SMILES string of the molecule is CC1Cc2cc([N+](=O)[O-])ccc2N1CC(=O)NCc1ccc(Cl)cc1. The molecular weight excluding hydrogens is 342 g/mol. The van der Waals surface area contributed by atoms with E-state index in [-0.39, 0.29) is 24.2 Å². The van der Waals surface area contributed by atoms with Crippen molar-refractivity contribution in [2.75, 3.05) is 11.4 Å². The predicted molar refractivity (Wildman–Crippen MR) is 96.9 cm³/mol. The molecule has 1 amide bonds. The number of hydrogen-bond acceptors (Lipinski definition) is 4. The van der Waals surface area contributed by atoms with Crippen molar-refractivity contribution in [2.24, 2.45) is 0 Å². The number of carbonyl (C=O) groups excluding carboxylic acids is 1. The van der Waals surface area contributed by atoms with Crippen LogP contribution in [-0.4, -0.2) is 23.4 Å². The summed E-state index contributed by atoms with van der Waals surface area (Å²) in [5, 5.41) is 14.5. The fourth-order valence-electron chi connectivity index (χ4n) is 3.05. The molecule has 1 aliphatic rings. The molecule has 0 saturated heterocycles. The molecule has 1 aliphatic heterocycles. The summed E-state index contributed by atoms with van der Waals surface area (Å²) in [7, 11) is 0. The Morgan fingerprint density at radius 3 is 2.72 bits per heavy atom. The van der Waals surface area contributed by atoms with Crippen LogP contribution in [0.3, 0.4) is 0 Å². The normalized spacial score (nSPS) is 15.8. The average molecular weight is 360 g/mol. The lowest BCUT2D eigenvalue weighted by Gasteiger charge is -2.24. The van der Waals surface area contributed by atoms with Crippen LogP contribution >= 0.6 is 11.6 Å². The maximum Gasteiger partial charge on any atom is 0.269 e. The van der Waals surface area contributed by atoms with Gasteiger partial charge in [0.05, 0.1) is 11.5 Å². The molecule has 0 fully saturated rings. The molecule has 6 nitrogen and oxygen atoms in total. The van der Waals surface area contributed by atoms with Crippen molar-refractivity contribution in [3.63, 3.8) is 0 Å². The van der Waals surface area contributed by atoms with Gasteiger partial charge in [0.25, 0.3) is 5.69 Å². The van der Waals surface area contributed by atoms with E-state index in [4.69, 9.17) is 11.6 Å². The molecule has 0 radical (unpaired) electrons. The summed E-state index contributed by atoms with van der Waals surface area (Å²) in [6, 6.07) is 12.2. The first-order chi connectivity index (χ1) is 11.9. The largest absolute Gasteiger partial charge is 0.359 e. The van der Waals surface area contributed by atoms with Gasteiger partial charge in [-0.3, -0.25) is 14.9 Å². The zero-order valence-corrected chi connectivity index (χ0v) is 14.5. The fraction of sp³-hybridized carbons (Fsp3) is 0.278. The van der Waals surface area contributed by atoms with Crippen molar-refractivity contribution >= 4 is 28.9 Å². The van der Waals surface area contributed by atoms with Gasteiger partial charge < -0.3 is 10.2 Å². The van der Waals surface area contributed by atoms with E-state index >= 15 is 0 Å². The third kappa shape index (κ3) is 3.91. The number of anilines is 1. The Balaban J connectivity index is 1.64. The van der Waals surface area contributed by atoms with Crippen LogP contribution < -0.4 is 10.2 Å². The molecule has 0 saturated carbocycles. The molecule has 0 aliphatic carbocycles. The quantitative estimate of drug-likeness (QED) is 0.656. The third-order valence-electron chi connectivity index (χ3n) is 4.35. The van der Waals surface area contributed by atoms with Gasteiger partial charge in [-0.1, -0.05) is 23.7 Å². The van der Waals surface area contributed by atoms with Crippen LogP contribution in [0.1, 0.15) is 18.1 Å².